The third kappa shape index (κ3) is 4.83. The molecule has 1 N–H and O–H groups in total. The number of likely N-dealkylation sites (N-methyl/N-ethyl adjacent to an activating group) is 1. The van der Waals surface area contributed by atoms with E-state index in [4.69, 9.17) is 0 Å². The van der Waals surface area contributed by atoms with Gasteiger partial charge < -0.3 is 15.1 Å². The number of benzene rings is 2. The Kier molecular flexibility index (Phi) is 5.80. The van der Waals surface area contributed by atoms with Gasteiger partial charge in [-0.2, -0.15) is 0 Å². The van der Waals surface area contributed by atoms with Crippen molar-refractivity contribution in [2.45, 2.75) is 13.8 Å². The molecule has 0 radical (unpaired) electrons. The van der Waals surface area contributed by atoms with Gasteiger partial charge in [0, 0.05) is 38.1 Å². The van der Waals surface area contributed by atoms with Crippen LogP contribution in [0.25, 0.3) is 0 Å². The second-order valence-electron chi connectivity index (χ2n) is 6.47. The lowest BCUT2D eigenvalue weighted by atomic mass is 10.1. The summed E-state index contributed by atoms with van der Waals surface area (Å²) in [5.74, 6) is -0.395. The Balaban J connectivity index is 2.04. The first-order valence-corrected chi connectivity index (χ1v) is 8.18. The van der Waals surface area contributed by atoms with E-state index in [-0.39, 0.29) is 18.4 Å². The molecule has 0 fully saturated rings. The standard InChI is InChI=1S/C20H25N3O2/c1-14-9-10-15(2)18(11-14)21-19(24)13-23(5)20(25)16-7-6-8-17(12-16)22(3)4/h6-12H,13H2,1-5H3,(H,21,24). The second kappa shape index (κ2) is 7.83. The highest BCUT2D eigenvalue weighted by Crippen LogP contribution is 2.17. The van der Waals surface area contributed by atoms with Gasteiger partial charge in [0.2, 0.25) is 5.91 Å². The molecule has 5 heteroatoms. The van der Waals surface area contributed by atoms with Crippen molar-refractivity contribution < 1.29 is 9.59 Å². The molecule has 2 aromatic carbocycles. The highest BCUT2D eigenvalue weighted by atomic mass is 16.2. The third-order valence-corrected chi connectivity index (χ3v) is 4.00. The third-order valence-electron chi connectivity index (χ3n) is 4.00. The Hall–Kier alpha value is -2.82. The summed E-state index contributed by atoms with van der Waals surface area (Å²) in [7, 11) is 5.48. The number of amides is 2. The number of carbonyl (C=O) groups excluding carboxylic acids is 2. The van der Waals surface area contributed by atoms with Gasteiger partial charge in [0.1, 0.15) is 0 Å². The quantitative estimate of drug-likeness (QED) is 0.911. The van der Waals surface area contributed by atoms with E-state index < -0.39 is 0 Å². The van der Waals surface area contributed by atoms with Crippen LogP contribution in [0.15, 0.2) is 42.5 Å². The van der Waals surface area contributed by atoms with Gasteiger partial charge in [0.15, 0.2) is 0 Å². The van der Waals surface area contributed by atoms with Crippen LogP contribution in [0.2, 0.25) is 0 Å². The number of hydrogen-bond donors (Lipinski definition) is 1. The first-order valence-electron chi connectivity index (χ1n) is 8.18. The Morgan fingerprint density at radius 2 is 1.72 bits per heavy atom. The van der Waals surface area contributed by atoms with Gasteiger partial charge in [-0.15, -0.1) is 0 Å². The summed E-state index contributed by atoms with van der Waals surface area (Å²) >= 11 is 0. The molecule has 5 nitrogen and oxygen atoms in total. The molecule has 25 heavy (non-hydrogen) atoms. The zero-order chi connectivity index (χ0) is 18.6. The van der Waals surface area contributed by atoms with E-state index in [0.29, 0.717) is 5.56 Å². The summed E-state index contributed by atoms with van der Waals surface area (Å²) in [6.07, 6.45) is 0. The van der Waals surface area contributed by atoms with Crippen molar-refractivity contribution in [2.75, 3.05) is 37.9 Å². The topological polar surface area (TPSA) is 52.7 Å². The monoisotopic (exact) mass is 339 g/mol. The zero-order valence-corrected chi connectivity index (χ0v) is 15.5. The molecular weight excluding hydrogens is 314 g/mol. The zero-order valence-electron chi connectivity index (χ0n) is 15.5. The van der Waals surface area contributed by atoms with Crippen LogP contribution in [-0.2, 0) is 4.79 Å². The molecule has 2 aromatic rings. The summed E-state index contributed by atoms with van der Waals surface area (Å²) in [5, 5.41) is 2.88. The lowest BCUT2D eigenvalue weighted by Crippen LogP contribution is -2.35. The smallest absolute Gasteiger partial charge is 0.254 e. The van der Waals surface area contributed by atoms with Crippen LogP contribution in [0, 0.1) is 13.8 Å². The highest BCUT2D eigenvalue weighted by molar-refractivity contribution is 6.00. The van der Waals surface area contributed by atoms with Gasteiger partial charge in [-0.05, 0) is 49.2 Å². The maximum Gasteiger partial charge on any atom is 0.254 e. The van der Waals surface area contributed by atoms with Crippen molar-refractivity contribution in [2.24, 2.45) is 0 Å². The number of rotatable bonds is 5. The van der Waals surface area contributed by atoms with Crippen LogP contribution in [0.1, 0.15) is 21.5 Å². The fourth-order valence-corrected chi connectivity index (χ4v) is 2.48. The fraction of sp³-hybridized carbons (Fsp3) is 0.300. The Labute approximate surface area is 149 Å². The van der Waals surface area contributed by atoms with Crippen LogP contribution in [0.4, 0.5) is 11.4 Å². The van der Waals surface area contributed by atoms with Crippen molar-refractivity contribution in [1.82, 2.24) is 4.90 Å². The molecule has 2 amide bonds. The van der Waals surface area contributed by atoms with E-state index in [9.17, 15) is 9.59 Å². The summed E-state index contributed by atoms with van der Waals surface area (Å²) < 4.78 is 0. The lowest BCUT2D eigenvalue weighted by Gasteiger charge is -2.19. The number of aryl methyl sites for hydroxylation is 2. The maximum absolute atomic E-state index is 12.6. The van der Waals surface area contributed by atoms with Crippen LogP contribution in [-0.4, -0.2) is 44.4 Å². The predicted octanol–water partition coefficient (Wildman–Crippen LogP) is 3.08. The molecule has 132 valence electrons. The van der Waals surface area contributed by atoms with Crippen molar-refractivity contribution in [3.8, 4) is 0 Å². The minimum Gasteiger partial charge on any atom is -0.378 e. The van der Waals surface area contributed by atoms with E-state index in [1.165, 1.54) is 4.90 Å². The predicted molar refractivity (Wildman–Crippen MR) is 102 cm³/mol. The van der Waals surface area contributed by atoms with Gasteiger partial charge in [0.25, 0.3) is 5.91 Å². The molecule has 0 spiro atoms. The first kappa shape index (κ1) is 18.5. The first-order chi connectivity index (χ1) is 11.8. The molecule has 0 aromatic heterocycles. The van der Waals surface area contributed by atoms with Gasteiger partial charge in [0.05, 0.1) is 6.54 Å². The van der Waals surface area contributed by atoms with Crippen LogP contribution in [0.3, 0.4) is 0 Å². The van der Waals surface area contributed by atoms with Crippen LogP contribution < -0.4 is 10.2 Å². The van der Waals surface area contributed by atoms with Gasteiger partial charge >= 0.3 is 0 Å². The molecular formula is C20H25N3O2. The molecule has 0 bridgehead atoms. The number of anilines is 2. The molecule has 2 rings (SSSR count). The van der Waals surface area contributed by atoms with Crippen molar-refractivity contribution in [3.05, 3.63) is 59.2 Å². The van der Waals surface area contributed by atoms with E-state index in [0.717, 1.165) is 22.5 Å². The normalized spacial score (nSPS) is 10.3. The Morgan fingerprint density at radius 3 is 2.40 bits per heavy atom. The Bertz CT molecular complexity index is 784. The van der Waals surface area contributed by atoms with Gasteiger partial charge in [-0.3, -0.25) is 9.59 Å². The Morgan fingerprint density at radius 1 is 1.00 bits per heavy atom. The molecule has 0 unspecified atom stereocenters. The average molecular weight is 339 g/mol. The molecule has 0 saturated carbocycles. The van der Waals surface area contributed by atoms with Crippen LogP contribution >= 0.6 is 0 Å². The highest BCUT2D eigenvalue weighted by Gasteiger charge is 2.16. The van der Waals surface area contributed by atoms with Crippen molar-refractivity contribution in [3.63, 3.8) is 0 Å². The summed E-state index contributed by atoms with van der Waals surface area (Å²) in [4.78, 5) is 28.2. The minimum atomic E-state index is -0.215. The minimum absolute atomic E-state index is 0.00158. The van der Waals surface area contributed by atoms with Crippen molar-refractivity contribution >= 4 is 23.2 Å². The number of nitrogens with zero attached hydrogens (tertiary/aromatic N) is 2. The second-order valence-corrected chi connectivity index (χ2v) is 6.47. The number of hydrogen-bond acceptors (Lipinski definition) is 3. The molecule has 0 atom stereocenters. The largest absolute Gasteiger partial charge is 0.378 e. The SMILES string of the molecule is Cc1ccc(C)c(NC(=O)CN(C)C(=O)c2cccc(N(C)C)c2)c1. The number of nitrogens with one attached hydrogen (secondary N) is 1. The van der Waals surface area contributed by atoms with E-state index in [1.54, 1.807) is 13.1 Å². The van der Waals surface area contributed by atoms with E-state index in [1.807, 2.05) is 69.2 Å². The maximum atomic E-state index is 12.6. The summed E-state index contributed by atoms with van der Waals surface area (Å²) in [6.45, 7) is 3.91. The number of carbonyl (C=O) groups is 2. The van der Waals surface area contributed by atoms with E-state index >= 15 is 0 Å². The fourth-order valence-electron chi connectivity index (χ4n) is 2.48. The molecule has 0 aliphatic carbocycles. The lowest BCUT2D eigenvalue weighted by molar-refractivity contribution is -0.116. The summed E-state index contributed by atoms with van der Waals surface area (Å²) in [5.41, 5.74) is 4.35. The average Bonchev–Trinajstić information content (AvgIpc) is 2.57. The molecule has 0 aliphatic heterocycles. The van der Waals surface area contributed by atoms with Gasteiger partial charge in [-0.25, -0.2) is 0 Å². The summed E-state index contributed by atoms with van der Waals surface area (Å²) in [6, 6.07) is 13.2. The van der Waals surface area contributed by atoms with Gasteiger partial charge in [-0.1, -0.05) is 18.2 Å². The molecule has 0 aliphatic rings. The van der Waals surface area contributed by atoms with Crippen LogP contribution in [0.5, 0.6) is 0 Å². The molecule has 0 saturated heterocycles. The van der Waals surface area contributed by atoms with Crippen molar-refractivity contribution in [1.29, 1.82) is 0 Å². The molecule has 0 heterocycles. The van der Waals surface area contributed by atoms with E-state index in [2.05, 4.69) is 5.32 Å².